The molecule has 0 bridgehead atoms. The van der Waals surface area contributed by atoms with Crippen LogP contribution in [0.2, 0.25) is 0 Å². The molecule has 0 unspecified atom stereocenters. The molecule has 0 radical (unpaired) electrons. The number of likely N-dealkylation sites (tertiary alicyclic amines) is 1. The number of ether oxygens (including phenoxy) is 1. The van der Waals surface area contributed by atoms with E-state index in [-0.39, 0.29) is 30.0 Å². The number of rotatable bonds is 7. The molecule has 42 heavy (non-hydrogen) atoms. The van der Waals surface area contributed by atoms with E-state index in [1.807, 2.05) is 55.5 Å². The number of amides is 4. The van der Waals surface area contributed by atoms with Gasteiger partial charge >= 0.3 is 6.03 Å². The molecule has 4 heterocycles. The number of nitrogens with zero attached hydrogens (tertiary/aromatic N) is 4. The smallest absolute Gasteiger partial charge is 0.334 e. The molecule has 2 aromatic carbocycles. The molecule has 2 aromatic heterocycles. The predicted octanol–water partition coefficient (Wildman–Crippen LogP) is 5.19. The zero-order chi connectivity index (χ0) is 29.5. The summed E-state index contributed by atoms with van der Waals surface area (Å²) in [7, 11) is 0. The molecule has 4 aromatic rings. The van der Waals surface area contributed by atoms with Gasteiger partial charge in [-0.15, -0.1) is 11.3 Å². The van der Waals surface area contributed by atoms with Crippen molar-refractivity contribution in [3.8, 4) is 11.5 Å². The van der Waals surface area contributed by atoms with E-state index >= 15 is 0 Å². The maximum atomic E-state index is 14.6. The van der Waals surface area contributed by atoms with Gasteiger partial charge in [-0.05, 0) is 61.7 Å². The first kappa shape index (κ1) is 27.7. The van der Waals surface area contributed by atoms with Gasteiger partial charge in [-0.3, -0.25) is 19.4 Å². The topological polar surface area (TPSA) is 129 Å². The summed E-state index contributed by atoms with van der Waals surface area (Å²) in [6, 6.07) is 16.0. The molecule has 3 N–H and O–H groups in total. The Balaban J connectivity index is 1.45. The van der Waals surface area contributed by atoms with Crippen LogP contribution in [0.3, 0.4) is 0 Å². The van der Waals surface area contributed by atoms with E-state index in [1.54, 1.807) is 33.9 Å². The van der Waals surface area contributed by atoms with Gasteiger partial charge in [0.05, 0.1) is 41.0 Å². The molecule has 2 atom stereocenters. The SMILES string of the molecule is Cc1cc(Oc2ccccc2)ccc1N1C(=O)N([C@@H]2CCCN(C(=O)[C@H](C)CO)C2)c2c(C(N)=O)sc3nccc1c23. The number of benzene rings is 2. The van der Waals surface area contributed by atoms with Crippen molar-refractivity contribution in [1.82, 2.24) is 9.88 Å². The lowest BCUT2D eigenvalue weighted by molar-refractivity contribution is -0.137. The number of nitrogens with two attached hydrogens (primary N) is 1. The Kier molecular flexibility index (Phi) is 7.29. The van der Waals surface area contributed by atoms with Crippen LogP contribution in [0.5, 0.6) is 11.5 Å². The van der Waals surface area contributed by atoms with Gasteiger partial charge in [0.2, 0.25) is 5.91 Å². The van der Waals surface area contributed by atoms with Crippen molar-refractivity contribution < 1.29 is 24.2 Å². The molecule has 0 saturated carbocycles. The van der Waals surface area contributed by atoms with Crippen LogP contribution in [0.1, 0.15) is 35.0 Å². The largest absolute Gasteiger partial charge is 0.457 e. The third-order valence-corrected chi connectivity index (χ3v) is 8.91. The highest BCUT2D eigenvalue weighted by molar-refractivity contribution is 7.21. The van der Waals surface area contributed by atoms with Gasteiger partial charge in [0.15, 0.2) is 0 Å². The summed E-state index contributed by atoms with van der Waals surface area (Å²) in [6.45, 7) is 4.15. The normalized spacial score (nSPS) is 17.5. The molecule has 216 valence electrons. The standard InChI is InChI=1S/C31H31N5O5S/c1-18-15-22(41-21-8-4-3-5-9-21)10-11-23(18)36-24-12-13-33-29-25(24)26(27(42-29)28(32)38)35(31(36)40)20-7-6-14-34(16-20)30(39)19(2)17-37/h3-5,8-13,15,19-20,37H,6-7,14,16-17H2,1-2H3,(H2,32,38)/t19-,20-/m1/s1. The number of aliphatic hydroxyl groups is 1. The second-order valence-corrected chi connectivity index (χ2v) is 11.7. The van der Waals surface area contributed by atoms with Crippen molar-refractivity contribution in [1.29, 1.82) is 0 Å². The molecule has 10 nitrogen and oxygen atoms in total. The summed E-state index contributed by atoms with van der Waals surface area (Å²) < 4.78 is 6.02. The minimum atomic E-state index is -0.638. The number of aromatic nitrogens is 1. The van der Waals surface area contributed by atoms with E-state index < -0.39 is 17.9 Å². The number of aliphatic hydroxyl groups excluding tert-OH is 1. The van der Waals surface area contributed by atoms with E-state index in [0.717, 1.165) is 16.9 Å². The average Bonchev–Trinajstić information content (AvgIpc) is 3.39. The van der Waals surface area contributed by atoms with Crippen molar-refractivity contribution in [3.63, 3.8) is 0 Å². The minimum absolute atomic E-state index is 0.166. The molecular formula is C31H31N5O5S. The van der Waals surface area contributed by atoms with Gasteiger partial charge < -0.3 is 20.5 Å². The van der Waals surface area contributed by atoms with E-state index in [0.29, 0.717) is 58.2 Å². The van der Waals surface area contributed by atoms with Crippen LogP contribution in [0.4, 0.5) is 21.9 Å². The molecule has 11 heteroatoms. The number of aryl methyl sites for hydroxylation is 1. The summed E-state index contributed by atoms with van der Waals surface area (Å²) in [5.41, 5.74) is 8.36. The van der Waals surface area contributed by atoms with E-state index in [1.165, 1.54) is 0 Å². The van der Waals surface area contributed by atoms with Crippen molar-refractivity contribution in [2.45, 2.75) is 32.7 Å². The molecule has 1 fully saturated rings. The van der Waals surface area contributed by atoms with Crippen LogP contribution in [0, 0.1) is 12.8 Å². The Morgan fingerprint density at radius 3 is 2.64 bits per heavy atom. The lowest BCUT2D eigenvalue weighted by atomic mass is 9.99. The Bertz CT molecular complexity index is 1690. The van der Waals surface area contributed by atoms with Crippen molar-refractivity contribution in [2.24, 2.45) is 11.7 Å². The van der Waals surface area contributed by atoms with E-state index in [2.05, 4.69) is 4.98 Å². The molecule has 2 aliphatic heterocycles. The molecule has 2 aliphatic rings. The number of pyridine rings is 1. The summed E-state index contributed by atoms with van der Waals surface area (Å²) in [6.07, 6.45) is 2.92. The summed E-state index contributed by atoms with van der Waals surface area (Å²) in [4.78, 5) is 50.6. The van der Waals surface area contributed by atoms with Gasteiger partial charge in [0, 0.05) is 19.3 Å². The quantitative estimate of drug-likeness (QED) is 0.307. The lowest BCUT2D eigenvalue weighted by Gasteiger charge is -2.44. The monoisotopic (exact) mass is 585 g/mol. The zero-order valence-corrected chi connectivity index (χ0v) is 24.1. The number of urea groups is 1. The summed E-state index contributed by atoms with van der Waals surface area (Å²) >= 11 is 1.16. The van der Waals surface area contributed by atoms with Crippen LogP contribution in [-0.2, 0) is 4.79 Å². The number of piperidine rings is 1. The van der Waals surface area contributed by atoms with Gasteiger partial charge in [-0.1, -0.05) is 25.1 Å². The second kappa shape index (κ2) is 11.1. The zero-order valence-electron chi connectivity index (χ0n) is 23.3. The third kappa shape index (κ3) is 4.74. The van der Waals surface area contributed by atoms with Crippen molar-refractivity contribution in [3.05, 3.63) is 71.2 Å². The minimum Gasteiger partial charge on any atom is -0.457 e. The first-order valence-electron chi connectivity index (χ1n) is 13.9. The fraction of sp³-hybridized carbons (Fsp3) is 0.290. The molecule has 0 aliphatic carbocycles. The maximum Gasteiger partial charge on any atom is 0.334 e. The lowest BCUT2D eigenvalue weighted by Crippen LogP contribution is -2.56. The highest BCUT2D eigenvalue weighted by Gasteiger charge is 2.43. The molecular weight excluding hydrogens is 554 g/mol. The number of primary amides is 1. The Labute approximate surface area is 246 Å². The van der Waals surface area contributed by atoms with Gasteiger partial charge in [-0.2, -0.15) is 0 Å². The number of anilines is 3. The molecule has 6 rings (SSSR count). The Morgan fingerprint density at radius 2 is 1.93 bits per heavy atom. The maximum absolute atomic E-state index is 14.6. The van der Waals surface area contributed by atoms with Crippen LogP contribution in [-0.4, -0.2) is 58.6 Å². The van der Waals surface area contributed by atoms with Crippen LogP contribution < -0.4 is 20.3 Å². The third-order valence-electron chi connectivity index (χ3n) is 7.80. The predicted molar refractivity (Wildman–Crippen MR) is 162 cm³/mol. The summed E-state index contributed by atoms with van der Waals surface area (Å²) in [5, 5.41) is 10.3. The number of carbonyl (C=O) groups is 3. The fourth-order valence-electron chi connectivity index (χ4n) is 5.78. The molecule has 0 spiro atoms. The van der Waals surface area contributed by atoms with Gasteiger partial charge in [0.1, 0.15) is 21.2 Å². The first-order chi connectivity index (χ1) is 20.3. The van der Waals surface area contributed by atoms with E-state index in [4.69, 9.17) is 10.5 Å². The fourth-order valence-corrected chi connectivity index (χ4v) is 6.78. The number of carbonyl (C=O) groups excluding carboxylic acids is 3. The van der Waals surface area contributed by atoms with Crippen LogP contribution >= 0.6 is 11.3 Å². The van der Waals surface area contributed by atoms with E-state index in [9.17, 15) is 19.5 Å². The average molecular weight is 586 g/mol. The summed E-state index contributed by atoms with van der Waals surface area (Å²) in [5.74, 6) is -0.0113. The first-order valence-corrected chi connectivity index (χ1v) is 14.7. The van der Waals surface area contributed by atoms with Crippen molar-refractivity contribution >= 4 is 56.5 Å². The Morgan fingerprint density at radius 1 is 1.14 bits per heavy atom. The highest BCUT2D eigenvalue weighted by atomic mass is 32.1. The molecule has 4 amide bonds. The second-order valence-electron chi connectivity index (χ2n) is 10.7. The van der Waals surface area contributed by atoms with Crippen molar-refractivity contribution in [2.75, 3.05) is 29.5 Å². The highest BCUT2D eigenvalue weighted by Crippen LogP contribution is 2.50. The molecule has 1 saturated heterocycles. The number of hydrogen-bond acceptors (Lipinski definition) is 7. The Hall–Kier alpha value is -4.48. The van der Waals surface area contributed by atoms with Gasteiger partial charge in [-0.25, -0.2) is 9.78 Å². The number of para-hydroxylation sites is 1. The van der Waals surface area contributed by atoms with Crippen LogP contribution in [0.15, 0.2) is 60.8 Å². The van der Waals surface area contributed by atoms with Gasteiger partial charge in [0.25, 0.3) is 5.91 Å². The van der Waals surface area contributed by atoms with Crippen LogP contribution in [0.25, 0.3) is 10.2 Å². The number of hydrogen-bond donors (Lipinski definition) is 2. The number of thiophene rings is 1.